The quantitative estimate of drug-likeness (QED) is 0.265. The molecule has 1 aliphatic rings. The van der Waals surface area contributed by atoms with E-state index in [0.29, 0.717) is 23.5 Å². The van der Waals surface area contributed by atoms with Gasteiger partial charge in [-0.05, 0) is 53.8 Å². The summed E-state index contributed by atoms with van der Waals surface area (Å²) in [6.07, 6.45) is 3.98. The fraction of sp³-hybridized carbons (Fsp3) is 0.419. The Hall–Kier alpha value is -4.42. The number of methoxy groups -OCH3 is 2. The summed E-state index contributed by atoms with van der Waals surface area (Å²) < 4.78 is 15.7. The van der Waals surface area contributed by atoms with Crippen LogP contribution in [0.5, 0.6) is 0 Å². The zero-order valence-electron chi connectivity index (χ0n) is 24.9. The van der Waals surface area contributed by atoms with Crippen molar-refractivity contribution < 1.29 is 9.47 Å². The minimum absolute atomic E-state index is 0.192. The summed E-state index contributed by atoms with van der Waals surface area (Å²) in [5.41, 5.74) is 3.70. The Morgan fingerprint density at radius 3 is 2.23 bits per heavy atom. The van der Waals surface area contributed by atoms with Crippen molar-refractivity contribution in [3.05, 3.63) is 80.8 Å². The van der Waals surface area contributed by atoms with E-state index < -0.39 is 23.7 Å². The topological polar surface area (TPSA) is 135 Å². The molecule has 1 fully saturated rings. The first-order valence-corrected chi connectivity index (χ1v) is 14.7. The Balaban J connectivity index is 1.49. The molecule has 2 atom stereocenters. The maximum atomic E-state index is 14.1. The molecule has 3 heterocycles. The number of hydrogen-bond donors (Lipinski definition) is 1. The lowest BCUT2D eigenvalue weighted by Crippen LogP contribution is -2.43. The highest BCUT2D eigenvalue weighted by atomic mass is 16.5. The van der Waals surface area contributed by atoms with E-state index in [1.54, 1.807) is 13.8 Å². The molecular formula is C31H36N8O4. The Labute approximate surface area is 248 Å². The maximum Gasteiger partial charge on any atom is 0.337 e. The van der Waals surface area contributed by atoms with Crippen molar-refractivity contribution in [3.8, 4) is 22.5 Å². The van der Waals surface area contributed by atoms with Crippen LogP contribution in [0.3, 0.4) is 0 Å². The van der Waals surface area contributed by atoms with Crippen LogP contribution in [0.1, 0.15) is 75.7 Å². The van der Waals surface area contributed by atoms with Gasteiger partial charge in [-0.2, -0.15) is 0 Å². The van der Waals surface area contributed by atoms with Crippen LogP contribution in [0, 0.1) is 0 Å². The second-order valence-corrected chi connectivity index (χ2v) is 11.1. The average molecular weight is 585 g/mol. The zero-order valence-corrected chi connectivity index (χ0v) is 24.9. The zero-order chi connectivity index (χ0) is 30.1. The maximum absolute atomic E-state index is 14.1. The number of ether oxygens (including phenoxy) is 2. The molecular weight excluding hydrogens is 548 g/mol. The number of fused-ring (bicyclic) bond motifs is 1. The fourth-order valence-corrected chi connectivity index (χ4v) is 6.12. The molecule has 5 aromatic rings. The normalized spacial score (nSPS) is 15.6. The second kappa shape index (κ2) is 12.1. The number of benzene rings is 2. The number of nitrogens with zero attached hydrogens (tertiary/aromatic N) is 7. The number of aromatic nitrogens is 8. The summed E-state index contributed by atoms with van der Waals surface area (Å²) in [5.74, 6) is 1.62. The molecule has 0 spiro atoms. The molecule has 6 rings (SSSR count). The molecule has 1 aliphatic carbocycles. The molecule has 12 heteroatoms. The number of H-pyrrole nitrogens is 1. The molecule has 0 saturated heterocycles. The molecule has 0 aliphatic heterocycles. The molecule has 0 amide bonds. The van der Waals surface area contributed by atoms with Crippen molar-refractivity contribution in [1.82, 2.24) is 39.3 Å². The van der Waals surface area contributed by atoms with E-state index in [1.165, 1.54) is 25.2 Å². The molecule has 12 nitrogen and oxygen atoms in total. The first-order valence-electron chi connectivity index (χ1n) is 14.7. The fourth-order valence-electron chi connectivity index (χ4n) is 6.12. The minimum atomic E-state index is -0.764. The predicted molar refractivity (Wildman–Crippen MR) is 162 cm³/mol. The van der Waals surface area contributed by atoms with Crippen LogP contribution in [0.2, 0.25) is 0 Å². The first-order chi connectivity index (χ1) is 20.9. The Morgan fingerprint density at radius 2 is 1.58 bits per heavy atom. The van der Waals surface area contributed by atoms with Crippen LogP contribution in [0.25, 0.3) is 33.7 Å². The van der Waals surface area contributed by atoms with Gasteiger partial charge < -0.3 is 14.0 Å². The molecule has 43 heavy (non-hydrogen) atoms. The SMILES string of the molecule is COC(C)n1c(=O)c2c(nc(C3CCCCC3)n2Cc2ccc(-c3ccccc3-c3nnn[nH]3)cc2)n(C(C)OC)c1=O. The lowest BCUT2D eigenvalue weighted by Gasteiger charge is -2.22. The summed E-state index contributed by atoms with van der Waals surface area (Å²) in [5, 5.41) is 14.4. The monoisotopic (exact) mass is 584 g/mol. The third-order valence-corrected chi connectivity index (χ3v) is 8.55. The molecule has 0 radical (unpaired) electrons. The van der Waals surface area contributed by atoms with E-state index in [9.17, 15) is 9.59 Å². The Bertz CT molecular complexity index is 1830. The highest BCUT2D eigenvalue weighted by molar-refractivity contribution is 5.80. The van der Waals surface area contributed by atoms with E-state index >= 15 is 0 Å². The average Bonchev–Trinajstić information content (AvgIpc) is 3.71. The summed E-state index contributed by atoms with van der Waals surface area (Å²) in [7, 11) is 3.02. The first kappa shape index (κ1) is 28.7. The van der Waals surface area contributed by atoms with Gasteiger partial charge in [0.1, 0.15) is 18.3 Å². The summed E-state index contributed by atoms with van der Waals surface area (Å²) in [4.78, 5) is 32.7. The molecule has 2 unspecified atom stereocenters. The number of aromatic amines is 1. The molecule has 224 valence electrons. The Morgan fingerprint density at radius 1 is 0.907 bits per heavy atom. The molecule has 1 N–H and O–H groups in total. The number of nitrogens with one attached hydrogen (secondary N) is 1. The summed E-state index contributed by atoms with van der Waals surface area (Å²) >= 11 is 0. The highest BCUT2D eigenvalue weighted by Gasteiger charge is 2.29. The van der Waals surface area contributed by atoms with Gasteiger partial charge >= 0.3 is 5.69 Å². The lowest BCUT2D eigenvalue weighted by molar-refractivity contribution is 0.0374. The van der Waals surface area contributed by atoms with Gasteiger partial charge in [-0.15, -0.1) is 5.10 Å². The van der Waals surface area contributed by atoms with Crippen LogP contribution in [0.4, 0.5) is 0 Å². The number of imidazole rings is 1. The lowest BCUT2D eigenvalue weighted by atomic mass is 9.88. The van der Waals surface area contributed by atoms with E-state index in [2.05, 4.69) is 44.9 Å². The van der Waals surface area contributed by atoms with Crippen molar-refractivity contribution in [2.24, 2.45) is 0 Å². The number of rotatable bonds is 9. The van der Waals surface area contributed by atoms with Crippen LogP contribution in [-0.2, 0) is 16.0 Å². The number of tetrazole rings is 1. The van der Waals surface area contributed by atoms with Crippen LogP contribution in [-0.4, -0.2) is 53.5 Å². The van der Waals surface area contributed by atoms with Gasteiger partial charge in [-0.1, -0.05) is 67.8 Å². The standard InChI is InChI=1S/C31H36N8O4/c1-19(42-3)38-29-26(30(40)39(31(38)41)20(2)43-4)37(28(32-29)23-10-6-5-7-11-23)18-21-14-16-22(17-15-21)24-12-8-9-13-25(24)27-33-35-36-34-27/h8-9,12-17,19-20,23H,5-7,10-11,18H2,1-4H3,(H,33,34,35,36). The molecule has 3 aromatic heterocycles. The van der Waals surface area contributed by atoms with Crippen LogP contribution in [0.15, 0.2) is 58.1 Å². The van der Waals surface area contributed by atoms with Gasteiger partial charge in [0, 0.05) is 32.2 Å². The van der Waals surface area contributed by atoms with E-state index in [1.807, 2.05) is 28.8 Å². The van der Waals surface area contributed by atoms with E-state index in [4.69, 9.17) is 14.5 Å². The molecule has 2 aromatic carbocycles. The summed E-state index contributed by atoms with van der Waals surface area (Å²) in [6, 6.07) is 16.2. The second-order valence-electron chi connectivity index (χ2n) is 11.1. The molecule has 1 saturated carbocycles. The van der Waals surface area contributed by atoms with Crippen LogP contribution < -0.4 is 11.2 Å². The molecule has 0 bridgehead atoms. The summed E-state index contributed by atoms with van der Waals surface area (Å²) in [6.45, 7) is 3.88. The van der Waals surface area contributed by atoms with Gasteiger partial charge in [0.2, 0.25) is 0 Å². The van der Waals surface area contributed by atoms with Gasteiger partial charge in [-0.25, -0.2) is 24.0 Å². The van der Waals surface area contributed by atoms with E-state index in [-0.39, 0.29) is 5.92 Å². The van der Waals surface area contributed by atoms with Gasteiger partial charge in [-0.3, -0.25) is 4.79 Å². The predicted octanol–water partition coefficient (Wildman–Crippen LogP) is 4.63. The van der Waals surface area contributed by atoms with E-state index in [0.717, 1.165) is 58.3 Å². The van der Waals surface area contributed by atoms with Crippen molar-refractivity contribution in [2.75, 3.05) is 14.2 Å². The Kier molecular flexibility index (Phi) is 8.04. The van der Waals surface area contributed by atoms with Crippen molar-refractivity contribution in [1.29, 1.82) is 0 Å². The number of hydrogen-bond acceptors (Lipinski definition) is 8. The van der Waals surface area contributed by atoms with Crippen molar-refractivity contribution in [3.63, 3.8) is 0 Å². The largest absolute Gasteiger partial charge is 0.361 e. The van der Waals surface area contributed by atoms with Crippen molar-refractivity contribution >= 4 is 11.2 Å². The van der Waals surface area contributed by atoms with Crippen LogP contribution >= 0.6 is 0 Å². The van der Waals surface area contributed by atoms with Crippen molar-refractivity contribution in [2.45, 2.75) is 70.9 Å². The highest BCUT2D eigenvalue weighted by Crippen LogP contribution is 2.35. The minimum Gasteiger partial charge on any atom is -0.361 e. The van der Waals surface area contributed by atoms with Gasteiger partial charge in [0.15, 0.2) is 17.0 Å². The third-order valence-electron chi connectivity index (χ3n) is 8.55. The van der Waals surface area contributed by atoms with Gasteiger partial charge in [0.05, 0.1) is 0 Å². The third kappa shape index (κ3) is 5.21. The van der Waals surface area contributed by atoms with Gasteiger partial charge in [0.25, 0.3) is 5.56 Å². The smallest absolute Gasteiger partial charge is 0.337 e.